The third-order valence-corrected chi connectivity index (χ3v) is 4.03. The smallest absolute Gasteiger partial charge is 0.129 e. The predicted molar refractivity (Wildman–Crippen MR) is 86.0 cm³/mol. The van der Waals surface area contributed by atoms with E-state index in [1.807, 2.05) is 25.4 Å². The number of nitrogens with zero attached hydrogens (tertiary/aromatic N) is 4. The number of anilines is 1. The van der Waals surface area contributed by atoms with Crippen molar-refractivity contribution in [3.63, 3.8) is 0 Å². The van der Waals surface area contributed by atoms with Gasteiger partial charge in [0.1, 0.15) is 12.1 Å². The summed E-state index contributed by atoms with van der Waals surface area (Å²) in [6.07, 6.45) is 6.48. The van der Waals surface area contributed by atoms with Crippen LogP contribution in [0.5, 0.6) is 0 Å². The van der Waals surface area contributed by atoms with Crippen molar-refractivity contribution in [1.82, 2.24) is 19.9 Å². The third-order valence-electron chi connectivity index (χ3n) is 3.60. The molecule has 1 saturated heterocycles. The first kappa shape index (κ1) is 14.4. The fraction of sp³-hybridized carbons (Fsp3) is 0.400. The number of rotatable bonds is 4. The molecule has 0 amide bonds. The highest BCUT2D eigenvalue weighted by Crippen LogP contribution is 2.18. The highest BCUT2D eigenvalue weighted by molar-refractivity contribution is 9.10. The lowest BCUT2D eigenvalue weighted by atomic mass is 10.2. The van der Waals surface area contributed by atoms with Crippen molar-refractivity contribution in [3.05, 3.63) is 46.6 Å². The molecule has 0 saturated carbocycles. The third kappa shape index (κ3) is 3.98. The monoisotopic (exact) mass is 347 g/mol. The Morgan fingerprint density at radius 1 is 1.33 bits per heavy atom. The van der Waals surface area contributed by atoms with Crippen LogP contribution in [0.3, 0.4) is 0 Å². The standard InChI is InChI=1S/C15H18BrN5/c1-11-4-15(19-10-18-11)20-14-2-3-21(9-14)8-12-5-13(16)7-17-6-12/h4-7,10,14H,2-3,8-9H2,1H3,(H,18,19,20). The molecule has 5 nitrogen and oxygen atoms in total. The van der Waals surface area contributed by atoms with Crippen molar-refractivity contribution in [1.29, 1.82) is 0 Å². The Kier molecular flexibility index (Phi) is 4.45. The van der Waals surface area contributed by atoms with E-state index >= 15 is 0 Å². The van der Waals surface area contributed by atoms with Gasteiger partial charge in [-0.3, -0.25) is 9.88 Å². The molecular formula is C15H18BrN5. The van der Waals surface area contributed by atoms with Crippen molar-refractivity contribution < 1.29 is 0 Å². The largest absolute Gasteiger partial charge is 0.366 e. The van der Waals surface area contributed by atoms with Gasteiger partial charge in [0, 0.05) is 54.3 Å². The summed E-state index contributed by atoms with van der Waals surface area (Å²) < 4.78 is 1.03. The minimum Gasteiger partial charge on any atom is -0.366 e. The Morgan fingerprint density at radius 2 is 2.24 bits per heavy atom. The number of pyridine rings is 1. The van der Waals surface area contributed by atoms with Crippen molar-refractivity contribution in [2.45, 2.75) is 25.9 Å². The predicted octanol–water partition coefficient (Wildman–Crippen LogP) is 2.63. The van der Waals surface area contributed by atoms with E-state index in [4.69, 9.17) is 0 Å². The number of likely N-dealkylation sites (tertiary alicyclic amines) is 1. The van der Waals surface area contributed by atoms with Gasteiger partial charge in [-0.1, -0.05) is 0 Å². The lowest BCUT2D eigenvalue weighted by Crippen LogP contribution is -2.26. The second-order valence-corrected chi connectivity index (χ2v) is 6.34. The molecule has 0 spiro atoms. The van der Waals surface area contributed by atoms with Crippen LogP contribution < -0.4 is 5.32 Å². The van der Waals surface area contributed by atoms with E-state index in [0.717, 1.165) is 42.0 Å². The van der Waals surface area contributed by atoms with E-state index in [0.29, 0.717) is 6.04 Å². The van der Waals surface area contributed by atoms with Crippen LogP contribution >= 0.6 is 15.9 Å². The zero-order valence-electron chi connectivity index (χ0n) is 12.0. The molecule has 0 aliphatic carbocycles. The van der Waals surface area contributed by atoms with Crippen LogP contribution in [0, 0.1) is 6.92 Å². The van der Waals surface area contributed by atoms with Crippen LogP contribution in [-0.2, 0) is 6.54 Å². The summed E-state index contributed by atoms with van der Waals surface area (Å²) in [6, 6.07) is 4.56. The zero-order valence-corrected chi connectivity index (χ0v) is 13.5. The van der Waals surface area contributed by atoms with E-state index in [-0.39, 0.29) is 0 Å². The normalized spacial score (nSPS) is 18.9. The number of hydrogen-bond acceptors (Lipinski definition) is 5. The van der Waals surface area contributed by atoms with Crippen LogP contribution in [0.4, 0.5) is 5.82 Å². The van der Waals surface area contributed by atoms with E-state index in [9.17, 15) is 0 Å². The van der Waals surface area contributed by atoms with E-state index in [1.165, 1.54) is 5.56 Å². The summed E-state index contributed by atoms with van der Waals surface area (Å²) in [6.45, 7) is 5.03. The molecule has 3 heterocycles. The van der Waals surface area contributed by atoms with Crippen molar-refractivity contribution in [2.75, 3.05) is 18.4 Å². The minimum absolute atomic E-state index is 0.444. The summed E-state index contributed by atoms with van der Waals surface area (Å²) in [7, 11) is 0. The minimum atomic E-state index is 0.444. The van der Waals surface area contributed by atoms with Gasteiger partial charge in [-0.25, -0.2) is 9.97 Å². The molecule has 1 unspecified atom stereocenters. The summed E-state index contributed by atoms with van der Waals surface area (Å²) in [5.41, 5.74) is 2.23. The van der Waals surface area contributed by atoms with E-state index in [1.54, 1.807) is 6.33 Å². The number of hydrogen-bond donors (Lipinski definition) is 1. The SMILES string of the molecule is Cc1cc(NC2CCN(Cc3cncc(Br)c3)C2)ncn1. The molecule has 3 rings (SSSR count). The van der Waals surface area contributed by atoms with E-state index < -0.39 is 0 Å². The summed E-state index contributed by atoms with van der Waals surface area (Å²) in [5.74, 6) is 0.915. The molecule has 21 heavy (non-hydrogen) atoms. The highest BCUT2D eigenvalue weighted by atomic mass is 79.9. The van der Waals surface area contributed by atoms with Gasteiger partial charge in [0.15, 0.2) is 0 Å². The number of halogens is 1. The fourth-order valence-electron chi connectivity index (χ4n) is 2.64. The molecule has 0 bridgehead atoms. The van der Waals surface area contributed by atoms with E-state index in [2.05, 4.69) is 47.2 Å². The first-order valence-electron chi connectivity index (χ1n) is 7.06. The topological polar surface area (TPSA) is 53.9 Å². The van der Waals surface area contributed by atoms with Gasteiger partial charge < -0.3 is 5.32 Å². The van der Waals surface area contributed by atoms with Gasteiger partial charge in [0.2, 0.25) is 0 Å². The first-order valence-corrected chi connectivity index (χ1v) is 7.85. The second-order valence-electron chi connectivity index (χ2n) is 5.42. The molecule has 110 valence electrons. The molecule has 6 heteroatoms. The maximum Gasteiger partial charge on any atom is 0.129 e. The maximum absolute atomic E-state index is 4.27. The number of aryl methyl sites for hydroxylation is 1. The maximum atomic E-state index is 4.27. The van der Waals surface area contributed by atoms with Crippen LogP contribution in [0.25, 0.3) is 0 Å². The zero-order chi connectivity index (χ0) is 14.7. The molecular weight excluding hydrogens is 330 g/mol. The van der Waals surface area contributed by atoms with Crippen LogP contribution in [0.1, 0.15) is 17.7 Å². The van der Waals surface area contributed by atoms with Gasteiger partial charge in [0.05, 0.1) is 0 Å². The Bertz CT molecular complexity index is 565. The number of nitrogens with one attached hydrogen (secondary N) is 1. The first-order chi connectivity index (χ1) is 10.2. The summed E-state index contributed by atoms with van der Waals surface area (Å²) in [4.78, 5) is 15.0. The van der Waals surface area contributed by atoms with Crippen LogP contribution in [0.2, 0.25) is 0 Å². The Labute approximate surface area is 133 Å². The second kappa shape index (κ2) is 6.49. The van der Waals surface area contributed by atoms with Gasteiger partial charge >= 0.3 is 0 Å². The van der Waals surface area contributed by atoms with Gasteiger partial charge in [-0.2, -0.15) is 0 Å². The van der Waals surface area contributed by atoms with Crippen LogP contribution in [-0.4, -0.2) is 39.0 Å². The van der Waals surface area contributed by atoms with Gasteiger partial charge in [-0.15, -0.1) is 0 Å². The molecule has 0 aromatic carbocycles. The summed E-state index contributed by atoms with van der Waals surface area (Å²) in [5, 5.41) is 3.49. The molecule has 1 aliphatic rings. The van der Waals surface area contributed by atoms with Gasteiger partial charge in [-0.05, 0) is 40.9 Å². The molecule has 1 aliphatic heterocycles. The molecule has 1 N–H and O–H groups in total. The molecule has 1 atom stereocenters. The molecule has 2 aromatic rings. The average Bonchev–Trinajstić information content (AvgIpc) is 2.86. The molecule has 2 aromatic heterocycles. The quantitative estimate of drug-likeness (QED) is 0.921. The Morgan fingerprint density at radius 3 is 3.05 bits per heavy atom. The highest BCUT2D eigenvalue weighted by Gasteiger charge is 2.22. The van der Waals surface area contributed by atoms with Crippen molar-refractivity contribution in [2.24, 2.45) is 0 Å². The molecule has 1 fully saturated rings. The number of aromatic nitrogens is 3. The lowest BCUT2D eigenvalue weighted by molar-refractivity contribution is 0.328. The average molecular weight is 348 g/mol. The van der Waals surface area contributed by atoms with Crippen molar-refractivity contribution >= 4 is 21.7 Å². The Hall–Kier alpha value is -1.53. The summed E-state index contributed by atoms with van der Waals surface area (Å²) >= 11 is 3.47. The van der Waals surface area contributed by atoms with Crippen LogP contribution in [0.15, 0.2) is 35.3 Å². The van der Waals surface area contributed by atoms with Gasteiger partial charge in [0.25, 0.3) is 0 Å². The molecule has 0 radical (unpaired) electrons. The Balaban J connectivity index is 1.56. The fourth-order valence-corrected chi connectivity index (χ4v) is 3.05. The lowest BCUT2D eigenvalue weighted by Gasteiger charge is -2.17. The van der Waals surface area contributed by atoms with Crippen molar-refractivity contribution in [3.8, 4) is 0 Å².